The van der Waals surface area contributed by atoms with Gasteiger partial charge >= 0.3 is 25.7 Å². The molecule has 12 heteroatoms. The first-order valence-corrected chi connectivity index (χ1v) is 27.0. The van der Waals surface area contributed by atoms with E-state index in [1.807, 2.05) is 0 Å². The molecule has 0 fully saturated rings. The predicted octanol–water partition coefficient (Wildman–Crippen LogP) is 14.2. The molecule has 0 amide bonds. The molecule has 11 nitrogen and oxygen atoms in total. The van der Waals surface area contributed by atoms with Gasteiger partial charge in [-0.3, -0.25) is 23.4 Å². The number of carbonyl (C=O) groups excluding carboxylic acids is 3. The molecule has 0 aromatic heterocycles. The largest absolute Gasteiger partial charge is 0.472 e. The van der Waals surface area contributed by atoms with E-state index in [4.69, 9.17) is 23.3 Å². The predicted molar refractivity (Wildman–Crippen MR) is 261 cm³/mol. The molecule has 0 saturated heterocycles. The van der Waals surface area contributed by atoms with E-state index in [1.54, 1.807) is 0 Å². The van der Waals surface area contributed by atoms with Crippen LogP contribution in [0.2, 0.25) is 0 Å². The fourth-order valence-electron chi connectivity index (χ4n) is 6.88. The average Bonchev–Trinajstić information content (AvgIpc) is 3.28. The lowest BCUT2D eigenvalue weighted by Crippen LogP contribution is -2.30. The van der Waals surface area contributed by atoms with Crippen molar-refractivity contribution in [2.24, 2.45) is 0 Å². The highest BCUT2D eigenvalue weighted by Gasteiger charge is 2.28. The number of aliphatic hydroxyl groups is 1. The highest BCUT2D eigenvalue weighted by Crippen LogP contribution is 2.43. The Labute approximate surface area is 390 Å². The van der Waals surface area contributed by atoms with E-state index >= 15 is 0 Å². The van der Waals surface area contributed by atoms with Crippen LogP contribution in [0.1, 0.15) is 226 Å². The number of hydrogen-bond donors (Lipinski definition) is 2. The summed E-state index contributed by atoms with van der Waals surface area (Å²) in [6, 6.07) is 0. The van der Waals surface area contributed by atoms with Crippen molar-refractivity contribution < 1.29 is 52.2 Å². The number of carbonyl (C=O) groups is 3. The van der Waals surface area contributed by atoms with E-state index in [9.17, 15) is 28.9 Å². The number of allylic oxidation sites excluding steroid dienone is 8. The lowest BCUT2D eigenvalue weighted by Gasteiger charge is -2.21. The van der Waals surface area contributed by atoms with Crippen LogP contribution in [-0.4, -0.2) is 66.5 Å². The summed E-state index contributed by atoms with van der Waals surface area (Å²) in [5, 5.41) is 9.73. The minimum atomic E-state index is -4.74. The van der Waals surface area contributed by atoms with Gasteiger partial charge in [-0.15, -0.1) is 0 Å². The molecule has 64 heavy (non-hydrogen) atoms. The summed E-state index contributed by atoms with van der Waals surface area (Å²) in [6.45, 7) is 4.45. The Hall–Kier alpha value is -2.56. The standard InChI is InChI=1S/C52H93O11P/c1-4-7-10-13-16-19-21-23-24-26-27-30-32-35-38-41-50(54)59-45-49(63-52(56)43-40-37-34-31-28-25-22-20-17-14-11-8-5-2)47-61-64(57,58)60-46-48(44-53)62-51(55)42-39-36-33-29-18-15-12-9-6-3/h7,10,16,19,23-24,27,30,48-49,53H,4-6,8-9,11-15,17-18,20-22,25-26,28-29,31-47H2,1-3H3,(H,57,58)/b10-7-,19-16-,24-23-,30-27-. The Bertz CT molecular complexity index is 1260. The summed E-state index contributed by atoms with van der Waals surface area (Å²) >= 11 is 0. The molecule has 3 unspecified atom stereocenters. The summed E-state index contributed by atoms with van der Waals surface area (Å²) in [7, 11) is -4.74. The van der Waals surface area contributed by atoms with Crippen LogP contribution >= 0.6 is 7.82 Å². The number of rotatable bonds is 47. The average molecular weight is 925 g/mol. The van der Waals surface area contributed by atoms with Crippen LogP contribution < -0.4 is 0 Å². The van der Waals surface area contributed by atoms with Gasteiger partial charge in [0.25, 0.3) is 0 Å². The number of ether oxygens (including phenoxy) is 3. The van der Waals surface area contributed by atoms with E-state index in [0.717, 1.165) is 77.0 Å². The third-order valence-electron chi connectivity index (χ3n) is 10.8. The lowest BCUT2D eigenvalue weighted by atomic mass is 10.0. The van der Waals surface area contributed by atoms with E-state index in [0.29, 0.717) is 19.3 Å². The van der Waals surface area contributed by atoms with Crippen LogP contribution in [0, 0.1) is 0 Å². The van der Waals surface area contributed by atoms with E-state index in [-0.39, 0.29) is 25.9 Å². The van der Waals surface area contributed by atoms with Crippen molar-refractivity contribution >= 4 is 25.7 Å². The van der Waals surface area contributed by atoms with Gasteiger partial charge in [0.15, 0.2) is 6.10 Å². The second kappa shape index (κ2) is 47.0. The van der Waals surface area contributed by atoms with Gasteiger partial charge in [-0.2, -0.15) is 0 Å². The summed E-state index contributed by atoms with van der Waals surface area (Å²) in [4.78, 5) is 48.2. The maximum absolute atomic E-state index is 12.8. The van der Waals surface area contributed by atoms with Crippen molar-refractivity contribution in [2.75, 3.05) is 26.4 Å². The Kier molecular flexibility index (Phi) is 45.1. The van der Waals surface area contributed by atoms with Gasteiger partial charge in [0.05, 0.1) is 19.8 Å². The monoisotopic (exact) mass is 925 g/mol. The van der Waals surface area contributed by atoms with Gasteiger partial charge in [0.2, 0.25) is 0 Å². The molecule has 3 atom stereocenters. The van der Waals surface area contributed by atoms with Crippen LogP contribution in [0.5, 0.6) is 0 Å². The quantitative estimate of drug-likeness (QED) is 0.0197. The smallest absolute Gasteiger partial charge is 0.462 e. The SMILES string of the molecule is CC/C=C\C/C=C\C/C=C\C/C=C\CCCCC(=O)OCC(COP(=O)(O)OCC(CO)OC(=O)CCCCCCCCCCC)OC(=O)CCCCCCCCCCCCCCC. The van der Waals surface area contributed by atoms with Crippen molar-refractivity contribution in [1.29, 1.82) is 0 Å². The fraction of sp³-hybridized carbons (Fsp3) is 0.788. The molecule has 0 aliphatic heterocycles. The van der Waals surface area contributed by atoms with Crippen molar-refractivity contribution in [3.63, 3.8) is 0 Å². The molecule has 0 rings (SSSR count). The highest BCUT2D eigenvalue weighted by atomic mass is 31.2. The van der Waals surface area contributed by atoms with Crippen LogP contribution in [0.3, 0.4) is 0 Å². The molecule has 0 aliphatic carbocycles. The summed E-state index contributed by atoms with van der Waals surface area (Å²) in [5.74, 6) is -1.51. The third-order valence-corrected chi connectivity index (χ3v) is 11.7. The number of unbranched alkanes of at least 4 members (excludes halogenated alkanes) is 22. The Morgan fingerprint density at radius 2 is 0.812 bits per heavy atom. The molecular weight excluding hydrogens is 832 g/mol. The molecule has 0 spiro atoms. The first-order chi connectivity index (χ1) is 31.2. The number of phosphoric acid groups is 1. The third kappa shape index (κ3) is 44.6. The van der Waals surface area contributed by atoms with Crippen LogP contribution in [-0.2, 0) is 42.2 Å². The van der Waals surface area contributed by atoms with Gasteiger partial charge in [0.1, 0.15) is 12.7 Å². The second-order valence-electron chi connectivity index (χ2n) is 17.0. The zero-order chi connectivity index (χ0) is 47.0. The molecule has 0 aromatic carbocycles. The van der Waals surface area contributed by atoms with E-state index in [2.05, 4.69) is 69.4 Å². The summed E-state index contributed by atoms with van der Waals surface area (Å²) < 4.78 is 39.2. The molecule has 0 bridgehead atoms. The Morgan fingerprint density at radius 1 is 0.453 bits per heavy atom. The molecule has 0 aromatic rings. The topological polar surface area (TPSA) is 155 Å². The molecule has 0 saturated carbocycles. The van der Waals surface area contributed by atoms with Gasteiger partial charge in [-0.25, -0.2) is 4.57 Å². The first kappa shape index (κ1) is 61.4. The van der Waals surface area contributed by atoms with Gasteiger partial charge < -0.3 is 24.2 Å². The van der Waals surface area contributed by atoms with E-state index < -0.39 is 57.8 Å². The minimum Gasteiger partial charge on any atom is -0.462 e. The number of aliphatic hydroxyl groups excluding tert-OH is 1. The number of hydrogen-bond acceptors (Lipinski definition) is 10. The van der Waals surface area contributed by atoms with Gasteiger partial charge in [-0.05, 0) is 57.8 Å². The van der Waals surface area contributed by atoms with E-state index in [1.165, 1.54) is 89.9 Å². The fourth-order valence-corrected chi connectivity index (χ4v) is 7.66. The first-order valence-electron chi connectivity index (χ1n) is 25.5. The number of phosphoric ester groups is 1. The lowest BCUT2D eigenvalue weighted by molar-refractivity contribution is -0.161. The molecule has 0 aliphatic rings. The maximum atomic E-state index is 12.8. The van der Waals surface area contributed by atoms with Crippen LogP contribution in [0.15, 0.2) is 48.6 Å². The van der Waals surface area contributed by atoms with Gasteiger partial charge in [-0.1, -0.05) is 198 Å². The molecule has 0 heterocycles. The molecule has 2 N–H and O–H groups in total. The van der Waals surface area contributed by atoms with Crippen molar-refractivity contribution in [2.45, 2.75) is 238 Å². The number of esters is 3. The highest BCUT2D eigenvalue weighted by molar-refractivity contribution is 7.47. The zero-order valence-corrected chi connectivity index (χ0v) is 41.6. The van der Waals surface area contributed by atoms with Crippen molar-refractivity contribution in [3.8, 4) is 0 Å². The normalized spacial score (nSPS) is 13.9. The second-order valence-corrected chi connectivity index (χ2v) is 18.4. The minimum absolute atomic E-state index is 0.162. The maximum Gasteiger partial charge on any atom is 0.472 e. The van der Waals surface area contributed by atoms with Gasteiger partial charge in [0, 0.05) is 19.3 Å². The molecule has 0 radical (unpaired) electrons. The Balaban J connectivity index is 4.80. The zero-order valence-electron chi connectivity index (χ0n) is 40.7. The Morgan fingerprint density at radius 3 is 1.25 bits per heavy atom. The molecular formula is C52H93O11P. The summed E-state index contributed by atoms with van der Waals surface area (Å²) in [5.41, 5.74) is 0. The van der Waals surface area contributed by atoms with Crippen molar-refractivity contribution in [3.05, 3.63) is 48.6 Å². The van der Waals surface area contributed by atoms with Crippen LogP contribution in [0.25, 0.3) is 0 Å². The van der Waals surface area contributed by atoms with Crippen LogP contribution in [0.4, 0.5) is 0 Å². The molecule has 372 valence electrons. The van der Waals surface area contributed by atoms with Crippen molar-refractivity contribution in [1.82, 2.24) is 0 Å². The summed E-state index contributed by atoms with van der Waals surface area (Å²) in [6.07, 6.45) is 46.6.